The third-order valence-electron chi connectivity index (χ3n) is 8.33. The molecule has 9 rings (SSSR count). The molecule has 0 aliphatic rings. The van der Waals surface area contributed by atoms with Gasteiger partial charge in [-0.1, -0.05) is 91.0 Å². The Hall–Kier alpha value is -5.79. The highest BCUT2D eigenvalue weighted by molar-refractivity contribution is 6.19. The van der Waals surface area contributed by atoms with Crippen molar-refractivity contribution in [1.29, 1.82) is 0 Å². The topological polar surface area (TPSA) is 27.4 Å². The van der Waals surface area contributed by atoms with Gasteiger partial charge in [-0.2, -0.15) is 0 Å². The van der Waals surface area contributed by atoms with E-state index in [1.54, 1.807) is 0 Å². The van der Waals surface area contributed by atoms with Crippen LogP contribution in [0.15, 0.2) is 132 Å². The highest BCUT2D eigenvalue weighted by Gasteiger charge is 2.25. The molecular weight excluding hydrogens is 502 g/mol. The van der Waals surface area contributed by atoms with Crippen LogP contribution >= 0.6 is 0 Å². The number of benzene rings is 6. The molecule has 0 atom stereocenters. The molecule has 41 heavy (non-hydrogen) atoms. The van der Waals surface area contributed by atoms with E-state index in [4.69, 9.17) is 11.0 Å². The van der Waals surface area contributed by atoms with Crippen LogP contribution in [0.1, 0.15) is 0 Å². The summed E-state index contributed by atoms with van der Waals surface area (Å²) in [5.41, 5.74) is 8.05. The van der Waals surface area contributed by atoms with Gasteiger partial charge >= 0.3 is 0 Å². The number of fused-ring (bicyclic) bond motifs is 9. The Morgan fingerprint density at radius 1 is 0.512 bits per heavy atom. The molecule has 0 amide bonds. The highest BCUT2D eigenvalue weighted by Crippen LogP contribution is 2.46. The number of nitrogens with zero attached hydrogens (tertiary/aromatic N) is 3. The summed E-state index contributed by atoms with van der Waals surface area (Å²) in [6.07, 6.45) is 0. The second-order valence-electron chi connectivity index (χ2n) is 10.4. The molecule has 190 valence electrons. The molecule has 0 saturated carbocycles. The zero-order valence-electron chi connectivity index (χ0n) is 21.9. The second kappa shape index (κ2) is 8.11. The Labute approximate surface area is 234 Å². The minimum absolute atomic E-state index is 0.542. The van der Waals surface area contributed by atoms with Gasteiger partial charge in [-0.3, -0.25) is 0 Å². The van der Waals surface area contributed by atoms with Crippen LogP contribution in [0.25, 0.3) is 81.8 Å². The monoisotopic (exact) mass is 523 g/mol. The molecule has 0 spiro atoms. The Bertz CT molecular complexity index is 2450. The van der Waals surface area contributed by atoms with Crippen molar-refractivity contribution in [3.05, 3.63) is 139 Å². The average molecular weight is 524 g/mol. The molecule has 0 bridgehead atoms. The van der Waals surface area contributed by atoms with Crippen molar-refractivity contribution < 1.29 is 4.42 Å². The quantitative estimate of drug-likeness (QED) is 0.207. The summed E-state index contributed by atoms with van der Waals surface area (Å²) in [7, 11) is 0. The van der Waals surface area contributed by atoms with Crippen LogP contribution in [0.5, 0.6) is 0 Å². The standard InChI is InChI=1S/C37H21N3O/c1-38-28-22-33(39-29-17-7-2-12-23(29)24-13-3-8-18-30(24)39)35-27-16-6-11-21-34(27)41-37(35)36(28)40-31-19-9-4-14-25(31)26-15-5-10-20-32(26)40/h2-22H. The van der Waals surface area contributed by atoms with Gasteiger partial charge in [-0.05, 0) is 36.4 Å². The molecule has 0 aliphatic carbocycles. The van der Waals surface area contributed by atoms with E-state index in [-0.39, 0.29) is 0 Å². The van der Waals surface area contributed by atoms with E-state index in [0.717, 1.165) is 60.6 Å². The smallest absolute Gasteiger partial charge is 0.216 e. The Kier molecular flexibility index (Phi) is 4.37. The molecule has 0 fully saturated rings. The normalized spacial score (nSPS) is 11.9. The van der Waals surface area contributed by atoms with Crippen molar-refractivity contribution in [3.63, 3.8) is 0 Å². The third-order valence-corrected chi connectivity index (χ3v) is 8.33. The lowest BCUT2D eigenvalue weighted by Gasteiger charge is -2.16. The maximum absolute atomic E-state index is 8.42. The summed E-state index contributed by atoms with van der Waals surface area (Å²) in [4.78, 5) is 4.15. The molecule has 0 unspecified atom stereocenters. The number of hydrogen-bond acceptors (Lipinski definition) is 1. The van der Waals surface area contributed by atoms with Gasteiger partial charge in [-0.25, -0.2) is 4.85 Å². The first-order valence-electron chi connectivity index (χ1n) is 13.7. The first-order chi connectivity index (χ1) is 20.3. The van der Waals surface area contributed by atoms with Crippen molar-refractivity contribution in [2.24, 2.45) is 0 Å². The lowest BCUT2D eigenvalue weighted by molar-refractivity contribution is 0.666. The van der Waals surface area contributed by atoms with Gasteiger partial charge in [-0.15, -0.1) is 0 Å². The van der Waals surface area contributed by atoms with E-state index >= 15 is 0 Å². The van der Waals surface area contributed by atoms with Crippen LogP contribution in [0.3, 0.4) is 0 Å². The van der Waals surface area contributed by atoms with Crippen LogP contribution in [-0.2, 0) is 0 Å². The van der Waals surface area contributed by atoms with Gasteiger partial charge in [0.15, 0.2) is 5.58 Å². The SMILES string of the molecule is [C-]#[N+]c1cc(-n2c3ccccc3c3ccccc32)c2c(oc3ccccc32)c1-n1c2ccccc2c2ccccc21. The molecule has 0 saturated heterocycles. The maximum atomic E-state index is 8.42. The molecule has 6 aromatic carbocycles. The predicted molar refractivity (Wildman–Crippen MR) is 169 cm³/mol. The number of furan rings is 1. The largest absolute Gasteiger partial charge is 0.455 e. The summed E-state index contributed by atoms with van der Waals surface area (Å²) >= 11 is 0. The third kappa shape index (κ3) is 2.87. The predicted octanol–water partition coefficient (Wildman–Crippen LogP) is 10.3. The van der Waals surface area contributed by atoms with Gasteiger partial charge in [0.1, 0.15) is 5.58 Å². The molecule has 0 radical (unpaired) electrons. The fourth-order valence-electron chi connectivity index (χ4n) is 6.68. The lowest BCUT2D eigenvalue weighted by atomic mass is 10.1. The molecule has 9 aromatic rings. The van der Waals surface area contributed by atoms with Crippen molar-refractivity contribution in [3.8, 4) is 11.4 Å². The van der Waals surface area contributed by atoms with Crippen LogP contribution in [0.2, 0.25) is 0 Å². The van der Waals surface area contributed by atoms with Gasteiger partial charge < -0.3 is 13.6 Å². The van der Waals surface area contributed by atoms with E-state index in [1.165, 1.54) is 10.8 Å². The van der Waals surface area contributed by atoms with Gasteiger partial charge in [0.2, 0.25) is 5.69 Å². The van der Waals surface area contributed by atoms with Gasteiger partial charge in [0.25, 0.3) is 0 Å². The van der Waals surface area contributed by atoms with Crippen LogP contribution < -0.4 is 0 Å². The zero-order valence-corrected chi connectivity index (χ0v) is 21.9. The molecule has 3 heterocycles. The first-order valence-corrected chi connectivity index (χ1v) is 13.7. The number of hydrogen-bond donors (Lipinski definition) is 0. The summed E-state index contributed by atoms with van der Waals surface area (Å²) in [6.45, 7) is 8.42. The van der Waals surface area contributed by atoms with Crippen LogP contribution in [-0.4, -0.2) is 9.13 Å². The van der Waals surface area contributed by atoms with E-state index in [2.05, 4.69) is 129 Å². The summed E-state index contributed by atoms with van der Waals surface area (Å²) in [6, 6.07) is 44.0. The van der Waals surface area contributed by atoms with E-state index in [9.17, 15) is 0 Å². The Balaban J connectivity index is 1.53. The number of para-hydroxylation sites is 5. The fourth-order valence-corrected chi connectivity index (χ4v) is 6.68. The van der Waals surface area contributed by atoms with Crippen molar-refractivity contribution in [1.82, 2.24) is 9.13 Å². The summed E-state index contributed by atoms with van der Waals surface area (Å²) in [5, 5.41) is 6.68. The van der Waals surface area contributed by atoms with E-state index < -0.39 is 0 Å². The van der Waals surface area contributed by atoms with Gasteiger partial charge in [0.05, 0.1) is 39.7 Å². The molecule has 0 N–H and O–H groups in total. The Morgan fingerprint density at radius 3 is 1.46 bits per heavy atom. The summed E-state index contributed by atoms with van der Waals surface area (Å²) in [5.74, 6) is 0. The molecule has 0 aliphatic heterocycles. The van der Waals surface area contributed by atoms with E-state index in [1.807, 2.05) is 12.1 Å². The molecular formula is C37H21N3O. The van der Waals surface area contributed by atoms with Crippen molar-refractivity contribution >= 4 is 71.2 Å². The minimum Gasteiger partial charge on any atom is -0.455 e. The first kappa shape index (κ1) is 22.1. The second-order valence-corrected chi connectivity index (χ2v) is 10.4. The number of rotatable bonds is 2. The minimum atomic E-state index is 0.542. The molecule has 3 aromatic heterocycles. The van der Waals surface area contributed by atoms with Gasteiger partial charge in [0, 0.05) is 32.6 Å². The van der Waals surface area contributed by atoms with Crippen LogP contribution in [0.4, 0.5) is 5.69 Å². The average Bonchev–Trinajstić information content (AvgIpc) is 3.69. The van der Waals surface area contributed by atoms with E-state index in [0.29, 0.717) is 11.3 Å². The zero-order chi connectivity index (χ0) is 27.1. The highest BCUT2D eigenvalue weighted by atomic mass is 16.3. The van der Waals surface area contributed by atoms with Crippen molar-refractivity contribution in [2.75, 3.05) is 0 Å². The maximum Gasteiger partial charge on any atom is 0.216 e. The molecule has 4 nitrogen and oxygen atoms in total. The van der Waals surface area contributed by atoms with Crippen LogP contribution in [0, 0.1) is 6.57 Å². The lowest BCUT2D eigenvalue weighted by Crippen LogP contribution is -1.99. The molecule has 4 heteroatoms. The summed E-state index contributed by atoms with van der Waals surface area (Å²) < 4.78 is 11.2. The Morgan fingerprint density at radius 2 is 0.951 bits per heavy atom. The fraction of sp³-hybridized carbons (Fsp3) is 0. The number of aromatic nitrogens is 2. The van der Waals surface area contributed by atoms with Crippen molar-refractivity contribution in [2.45, 2.75) is 0 Å².